The maximum Gasteiger partial charge on any atom is 0.227 e. The topological polar surface area (TPSA) is 32.3 Å². The van der Waals surface area contributed by atoms with Crippen molar-refractivity contribution in [1.82, 2.24) is 5.32 Å². The van der Waals surface area contributed by atoms with Gasteiger partial charge >= 0.3 is 0 Å². The van der Waals surface area contributed by atoms with E-state index in [9.17, 15) is 13.6 Å². The van der Waals surface area contributed by atoms with E-state index in [1.807, 2.05) is 0 Å². The van der Waals surface area contributed by atoms with Gasteiger partial charge in [-0.2, -0.15) is 0 Å². The van der Waals surface area contributed by atoms with Crippen molar-refractivity contribution in [2.24, 2.45) is 5.41 Å². The molecule has 96 valence electrons. The van der Waals surface area contributed by atoms with Crippen LogP contribution in [0.5, 0.6) is 0 Å². The number of hydrogen-bond donors (Lipinski definition) is 1. The van der Waals surface area contributed by atoms with Gasteiger partial charge in [0.15, 0.2) is 11.6 Å². The predicted octanol–water partition coefficient (Wildman–Crippen LogP) is 1.68. The smallest absolute Gasteiger partial charge is 0.227 e. The third kappa shape index (κ3) is 1.79. The summed E-state index contributed by atoms with van der Waals surface area (Å²) in [5.41, 5.74) is 0.421. The number of hydrogen-bond acceptors (Lipinski definition) is 2. The number of nitrogens with one attached hydrogen (secondary N) is 1. The quantitative estimate of drug-likeness (QED) is 0.824. The second-order valence-electron chi connectivity index (χ2n) is 5.18. The zero-order valence-electron chi connectivity index (χ0n) is 9.88. The van der Waals surface area contributed by atoms with Crippen molar-refractivity contribution >= 4 is 11.6 Å². The molecule has 2 heterocycles. The standard InChI is InChI=1S/C13H14F2N2O/c14-10-2-1-9(5-11(10)15)17-8-13(6-12(17)18)3-4-16-7-13/h1-2,5,16H,3-4,6-8H2/t13-/m0/s1. The van der Waals surface area contributed by atoms with Crippen molar-refractivity contribution in [1.29, 1.82) is 0 Å². The van der Waals surface area contributed by atoms with Gasteiger partial charge in [-0.15, -0.1) is 0 Å². The fourth-order valence-corrected chi connectivity index (χ4v) is 2.87. The van der Waals surface area contributed by atoms with Crippen LogP contribution in [0.3, 0.4) is 0 Å². The molecule has 1 aromatic rings. The van der Waals surface area contributed by atoms with E-state index in [1.165, 1.54) is 6.07 Å². The molecule has 0 aliphatic carbocycles. The molecule has 2 aliphatic rings. The van der Waals surface area contributed by atoms with Crippen molar-refractivity contribution in [3.8, 4) is 0 Å². The number of halogens is 2. The SMILES string of the molecule is O=C1C[C@]2(CCNC2)CN1c1ccc(F)c(F)c1. The monoisotopic (exact) mass is 252 g/mol. The first-order valence-corrected chi connectivity index (χ1v) is 6.06. The van der Waals surface area contributed by atoms with E-state index in [4.69, 9.17) is 0 Å². The van der Waals surface area contributed by atoms with Gasteiger partial charge in [0.25, 0.3) is 0 Å². The van der Waals surface area contributed by atoms with Gasteiger partial charge in [-0.1, -0.05) is 0 Å². The predicted molar refractivity (Wildman–Crippen MR) is 63.2 cm³/mol. The van der Waals surface area contributed by atoms with Crippen LogP contribution < -0.4 is 10.2 Å². The molecule has 0 saturated carbocycles. The molecule has 2 aliphatic heterocycles. The average Bonchev–Trinajstić information content (AvgIpc) is 2.91. The van der Waals surface area contributed by atoms with Crippen LogP contribution in [0.15, 0.2) is 18.2 Å². The molecule has 3 rings (SSSR count). The molecule has 1 amide bonds. The molecule has 2 saturated heterocycles. The van der Waals surface area contributed by atoms with E-state index in [0.717, 1.165) is 31.6 Å². The van der Waals surface area contributed by atoms with Crippen LogP contribution in [0, 0.1) is 17.0 Å². The van der Waals surface area contributed by atoms with Crippen molar-refractivity contribution in [2.75, 3.05) is 24.5 Å². The molecule has 1 aromatic carbocycles. The summed E-state index contributed by atoms with van der Waals surface area (Å²) in [6.07, 6.45) is 1.44. The molecular formula is C13H14F2N2O. The number of rotatable bonds is 1. The van der Waals surface area contributed by atoms with Crippen LogP contribution in [-0.2, 0) is 4.79 Å². The van der Waals surface area contributed by atoms with Crippen LogP contribution in [0.2, 0.25) is 0 Å². The highest BCUT2D eigenvalue weighted by atomic mass is 19.2. The van der Waals surface area contributed by atoms with E-state index in [0.29, 0.717) is 18.7 Å². The molecule has 0 aromatic heterocycles. The second-order valence-corrected chi connectivity index (χ2v) is 5.18. The fraction of sp³-hybridized carbons (Fsp3) is 0.462. The number of benzene rings is 1. The van der Waals surface area contributed by atoms with E-state index in [-0.39, 0.29) is 11.3 Å². The summed E-state index contributed by atoms with van der Waals surface area (Å²) in [7, 11) is 0. The number of carbonyl (C=O) groups is 1. The van der Waals surface area contributed by atoms with Gasteiger partial charge < -0.3 is 10.2 Å². The zero-order valence-corrected chi connectivity index (χ0v) is 9.88. The molecule has 18 heavy (non-hydrogen) atoms. The lowest BCUT2D eigenvalue weighted by molar-refractivity contribution is -0.117. The minimum Gasteiger partial charge on any atom is -0.316 e. The van der Waals surface area contributed by atoms with Crippen LogP contribution in [0.1, 0.15) is 12.8 Å². The third-order valence-electron chi connectivity index (χ3n) is 3.87. The summed E-state index contributed by atoms with van der Waals surface area (Å²) < 4.78 is 26.1. The number of amides is 1. The van der Waals surface area contributed by atoms with Crippen molar-refractivity contribution in [3.63, 3.8) is 0 Å². The Bertz CT molecular complexity index is 498. The average molecular weight is 252 g/mol. The van der Waals surface area contributed by atoms with E-state index < -0.39 is 11.6 Å². The van der Waals surface area contributed by atoms with Gasteiger partial charge in [0, 0.05) is 36.7 Å². The molecule has 2 fully saturated rings. The van der Waals surface area contributed by atoms with Gasteiger partial charge in [0.2, 0.25) is 5.91 Å². The Morgan fingerprint density at radius 2 is 2.11 bits per heavy atom. The summed E-state index contributed by atoms with van der Waals surface area (Å²) in [6, 6.07) is 3.61. The summed E-state index contributed by atoms with van der Waals surface area (Å²) in [5.74, 6) is -1.81. The lowest BCUT2D eigenvalue weighted by atomic mass is 9.86. The molecule has 1 N–H and O–H groups in total. The van der Waals surface area contributed by atoms with E-state index in [2.05, 4.69) is 5.32 Å². The van der Waals surface area contributed by atoms with Crippen LogP contribution >= 0.6 is 0 Å². The maximum absolute atomic E-state index is 13.2. The molecule has 5 heteroatoms. The summed E-state index contributed by atoms with van der Waals surface area (Å²) in [6.45, 7) is 2.32. The zero-order chi connectivity index (χ0) is 12.8. The first kappa shape index (κ1) is 11.6. The minimum absolute atomic E-state index is 0.00953. The van der Waals surface area contributed by atoms with E-state index >= 15 is 0 Å². The Hall–Kier alpha value is -1.49. The molecule has 1 spiro atoms. The maximum atomic E-state index is 13.2. The first-order valence-electron chi connectivity index (χ1n) is 6.06. The lowest BCUT2D eigenvalue weighted by Gasteiger charge is -2.22. The summed E-state index contributed by atoms with van der Waals surface area (Å²) in [4.78, 5) is 13.6. The number of anilines is 1. The third-order valence-corrected chi connectivity index (χ3v) is 3.87. The van der Waals surface area contributed by atoms with Crippen LogP contribution in [0.25, 0.3) is 0 Å². The Morgan fingerprint density at radius 1 is 1.28 bits per heavy atom. The molecule has 0 unspecified atom stereocenters. The van der Waals surface area contributed by atoms with E-state index in [1.54, 1.807) is 4.90 Å². The van der Waals surface area contributed by atoms with Crippen LogP contribution in [0.4, 0.5) is 14.5 Å². The largest absolute Gasteiger partial charge is 0.316 e. The second kappa shape index (κ2) is 4.02. The summed E-state index contributed by atoms with van der Waals surface area (Å²) >= 11 is 0. The van der Waals surface area contributed by atoms with Gasteiger partial charge in [0.05, 0.1) is 0 Å². The molecule has 0 bridgehead atoms. The summed E-state index contributed by atoms with van der Waals surface area (Å²) in [5, 5.41) is 3.26. The minimum atomic E-state index is -0.911. The first-order chi connectivity index (χ1) is 8.60. The highest BCUT2D eigenvalue weighted by Gasteiger charge is 2.45. The normalized spacial score (nSPS) is 27.4. The molecule has 3 nitrogen and oxygen atoms in total. The highest BCUT2D eigenvalue weighted by molar-refractivity contribution is 5.96. The molecule has 1 atom stereocenters. The molecular weight excluding hydrogens is 238 g/mol. The Kier molecular flexibility index (Phi) is 2.59. The van der Waals surface area contributed by atoms with Crippen molar-refractivity contribution in [3.05, 3.63) is 29.8 Å². The number of carbonyl (C=O) groups excluding carboxylic acids is 1. The van der Waals surface area contributed by atoms with Gasteiger partial charge in [0.1, 0.15) is 0 Å². The Labute approximate surface area is 104 Å². The van der Waals surface area contributed by atoms with Gasteiger partial charge in [-0.3, -0.25) is 4.79 Å². The van der Waals surface area contributed by atoms with Crippen molar-refractivity contribution in [2.45, 2.75) is 12.8 Å². The van der Waals surface area contributed by atoms with Crippen LogP contribution in [-0.4, -0.2) is 25.5 Å². The Morgan fingerprint density at radius 3 is 2.78 bits per heavy atom. The van der Waals surface area contributed by atoms with Gasteiger partial charge in [-0.25, -0.2) is 8.78 Å². The molecule has 0 radical (unpaired) electrons. The fourth-order valence-electron chi connectivity index (χ4n) is 2.87. The highest BCUT2D eigenvalue weighted by Crippen LogP contribution is 2.39. The number of nitrogens with zero attached hydrogens (tertiary/aromatic N) is 1. The van der Waals surface area contributed by atoms with Crippen molar-refractivity contribution < 1.29 is 13.6 Å². The lowest BCUT2D eigenvalue weighted by Crippen LogP contribution is -2.30. The van der Waals surface area contributed by atoms with Gasteiger partial charge in [-0.05, 0) is 25.1 Å². The Balaban J connectivity index is 1.88.